The van der Waals surface area contributed by atoms with Crippen molar-refractivity contribution in [2.24, 2.45) is 10.8 Å². The van der Waals surface area contributed by atoms with Gasteiger partial charge in [0.25, 0.3) is 0 Å². The molecule has 0 aromatic carbocycles. The number of hydrogen-bond donors (Lipinski definition) is 2. The molecule has 0 aromatic rings. The first kappa shape index (κ1) is 14.7. The van der Waals surface area contributed by atoms with E-state index in [1.807, 2.05) is 0 Å². The highest BCUT2D eigenvalue weighted by Gasteiger charge is 2.65. The van der Waals surface area contributed by atoms with Gasteiger partial charge in [-0.3, -0.25) is 4.79 Å². The van der Waals surface area contributed by atoms with Crippen molar-refractivity contribution in [2.75, 3.05) is 19.8 Å². The topological polar surface area (TPSA) is 50.4 Å². The van der Waals surface area contributed by atoms with Crippen LogP contribution < -0.4 is 10.6 Å². The largest absolute Gasteiger partial charge is 0.378 e. The molecule has 0 radical (unpaired) electrons. The lowest BCUT2D eigenvalue weighted by Crippen LogP contribution is -2.52. The molecule has 0 bridgehead atoms. The maximum atomic E-state index is 12.0. The van der Waals surface area contributed by atoms with E-state index in [-0.39, 0.29) is 41.2 Å². The first-order valence-electron chi connectivity index (χ1n) is 5.99. The molecule has 17 heavy (non-hydrogen) atoms. The first-order chi connectivity index (χ1) is 7.37. The summed E-state index contributed by atoms with van der Waals surface area (Å²) in [5.41, 5.74) is 0.385. The number of halogens is 1. The van der Waals surface area contributed by atoms with Gasteiger partial charge in [0.05, 0.1) is 13.2 Å². The number of hydrogen-bond acceptors (Lipinski definition) is 3. The maximum Gasteiger partial charge on any atom is 0.239 e. The Morgan fingerprint density at radius 3 is 2.29 bits per heavy atom. The fourth-order valence-electron chi connectivity index (χ4n) is 2.53. The zero-order valence-electron chi connectivity index (χ0n) is 11.0. The van der Waals surface area contributed by atoms with Crippen molar-refractivity contribution >= 4 is 18.3 Å². The van der Waals surface area contributed by atoms with Crippen LogP contribution in [0.5, 0.6) is 0 Å². The number of morpholine rings is 1. The SMILES string of the molecule is CC1(C)C(NC(=O)C2COCCN2)C1(C)C.Cl. The average molecular weight is 263 g/mol. The van der Waals surface area contributed by atoms with Gasteiger partial charge in [0.1, 0.15) is 6.04 Å². The van der Waals surface area contributed by atoms with Crippen molar-refractivity contribution < 1.29 is 9.53 Å². The average Bonchev–Trinajstić information content (AvgIpc) is 2.62. The number of carbonyl (C=O) groups excluding carboxylic acids is 1. The summed E-state index contributed by atoms with van der Waals surface area (Å²) in [7, 11) is 0. The van der Waals surface area contributed by atoms with E-state index in [2.05, 4.69) is 38.3 Å². The van der Waals surface area contributed by atoms with Gasteiger partial charge in [-0.2, -0.15) is 0 Å². The minimum absolute atomic E-state index is 0. The standard InChI is InChI=1S/C12H22N2O2.ClH/c1-11(2)10(12(11,3)4)14-9(15)8-7-16-6-5-13-8;/h8,10,13H,5-7H2,1-4H3,(H,14,15);1H. The van der Waals surface area contributed by atoms with Crippen LogP contribution in [-0.4, -0.2) is 37.7 Å². The third-order valence-corrected chi connectivity index (χ3v) is 4.55. The van der Waals surface area contributed by atoms with Gasteiger partial charge in [0, 0.05) is 12.6 Å². The van der Waals surface area contributed by atoms with Crippen LogP contribution in [0.15, 0.2) is 0 Å². The molecule has 0 spiro atoms. The zero-order chi connectivity index (χ0) is 12.0. The smallest absolute Gasteiger partial charge is 0.239 e. The number of amides is 1. The number of carbonyl (C=O) groups is 1. The third-order valence-electron chi connectivity index (χ3n) is 4.55. The highest BCUT2D eigenvalue weighted by Crippen LogP contribution is 2.62. The molecule has 1 atom stereocenters. The summed E-state index contributed by atoms with van der Waals surface area (Å²) in [4.78, 5) is 12.0. The molecule has 1 heterocycles. The Morgan fingerprint density at radius 2 is 1.88 bits per heavy atom. The van der Waals surface area contributed by atoms with Gasteiger partial charge in [0.15, 0.2) is 0 Å². The Hall–Kier alpha value is -0.320. The summed E-state index contributed by atoms with van der Waals surface area (Å²) < 4.78 is 5.29. The monoisotopic (exact) mass is 262 g/mol. The van der Waals surface area contributed by atoms with Crippen LogP contribution >= 0.6 is 12.4 Å². The number of rotatable bonds is 2. The van der Waals surface area contributed by atoms with Crippen LogP contribution in [0.2, 0.25) is 0 Å². The molecule has 5 heteroatoms. The van der Waals surface area contributed by atoms with Crippen LogP contribution in [-0.2, 0) is 9.53 Å². The summed E-state index contributed by atoms with van der Waals surface area (Å²) in [6.45, 7) is 10.7. The van der Waals surface area contributed by atoms with E-state index in [1.54, 1.807) is 0 Å². The van der Waals surface area contributed by atoms with E-state index in [0.717, 1.165) is 6.54 Å². The normalized spacial score (nSPS) is 30.2. The van der Waals surface area contributed by atoms with E-state index >= 15 is 0 Å². The molecule has 2 aliphatic rings. The summed E-state index contributed by atoms with van der Waals surface area (Å²) >= 11 is 0. The second-order valence-electron chi connectivity index (χ2n) is 5.97. The molecule has 1 saturated heterocycles. The molecule has 4 nitrogen and oxygen atoms in total. The lowest BCUT2D eigenvalue weighted by atomic mass is 10.0. The minimum Gasteiger partial charge on any atom is -0.378 e. The first-order valence-corrected chi connectivity index (χ1v) is 5.99. The van der Waals surface area contributed by atoms with Crippen molar-refractivity contribution in [2.45, 2.75) is 39.8 Å². The Morgan fingerprint density at radius 1 is 1.29 bits per heavy atom. The van der Waals surface area contributed by atoms with Crippen LogP contribution in [0.4, 0.5) is 0 Å². The van der Waals surface area contributed by atoms with E-state index in [1.165, 1.54) is 0 Å². The second-order valence-corrected chi connectivity index (χ2v) is 5.97. The molecule has 1 aliphatic carbocycles. The quantitative estimate of drug-likeness (QED) is 0.779. The molecular weight excluding hydrogens is 240 g/mol. The molecule has 1 saturated carbocycles. The summed E-state index contributed by atoms with van der Waals surface area (Å²) in [6.07, 6.45) is 0. The Bertz CT molecular complexity index is 285. The molecule has 100 valence electrons. The van der Waals surface area contributed by atoms with Crippen molar-refractivity contribution in [3.63, 3.8) is 0 Å². The highest BCUT2D eigenvalue weighted by molar-refractivity contribution is 5.85. The van der Waals surface area contributed by atoms with E-state index in [0.29, 0.717) is 13.2 Å². The molecule has 2 N–H and O–H groups in total. The van der Waals surface area contributed by atoms with Crippen molar-refractivity contribution in [3.05, 3.63) is 0 Å². The molecule has 2 fully saturated rings. The third kappa shape index (κ3) is 2.44. The Labute approximate surface area is 109 Å². The molecule has 1 unspecified atom stereocenters. The van der Waals surface area contributed by atoms with Crippen molar-refractivity contribution in [1.82, 2.24) is 10.6 Å². The predicted octanol–water partition coefficient (Wildman–Crippen LogP) is 0.947. The van der Waals surface area contributed by atoms with Gasteiger partial charge in [-0.15, -0.1) is 12.4 Å². The van der Waals surface area contributed by atoms with E-state index < -0.39 is 0 Å². The maximum absolute atomic E-state index is 12.0. The summed E-state index contributed by atoms with van der Waals surface area (Å²) in [5.74, 6) is 0.0725. The number of nitrogens with one attached hydrogen (secondary N) is 2. The van der Waals surface area contributed by atoms with Gasteiger partial charge in [-0.25, -0.2) is 0 Å². The van der Waals surface area contributed by atoms with Gasteiger partial charge in [-0.05, 0) is 10.8 Å². The predicted molar refractivity (Wildman–Crippen MR) is 69.4 cm³/mol. The lowest BCUT2D eigenvalue weighted by Gasteiger charge is -2.23. The second kappa shape index (κ2) is 4.75. The highest BCUT2D eigenvalue weighted by atomic mass is 35.5. The summed E-state index contributed by atoms with van der Waals surface area (Å²) in [6, 6.07) is 0.0946. The van der Waals surface area contributed by atoms with Crippen LogP contribution in [0, 0.1) is 10.8 Å². The van der Waals surface area contributed by atoms with E-state index in [9.17, 15) is 4.79 Å². The van der Waals surface area contributed by atoms with Crippen molar-refractivity contribution in [3.8, 4) is 0 Å². The van der Waals surface area contributed by atoms with Gasteiger partial charge in [-0.1, -0.05) is 27.7 Å². The molecule has 2 rings (SSSR count). The fourth-order valence-corrected chi connectivity index (χ4v) is 2.53. The number of ether oxygens (including phenoxy) is 1. The molecular formula is C12H23ClN2O2. The van der Waals surface area contributed by atoms with Crippen LogP contribution in [0.1, 0.15) is 27.7 Å². The Balaban J connectivity index is 0.00000144. The van der Waals surface area contributed by atoms with Gasteiger partial charge in [0.2, 0.25) is 5.91 Å². The minimum atomic E-state index is -0.180. The van der Waals surface area contributed by atoms with Gasteiger partial charge >= 0.3 is 0 Å². The molecule has 1 aliphatic heterocycles. The van der Waals surface area contributed by atoms with Crippen LogP contribution in [0.25, 0.3) is 0 Å². The van der Waals surface area contributed by atoms with E-state index in [4.69, 9.17) is 4.74 Å². The van der Waals surface area contributed by atoms with Gasteiger partial charge < -0.3 is 15.4 Å². The zero-order valence-corrected chi connectivity index (χ0v) is 11.8. The lowest BCUT2D eigenvalue weighted by molar-refractivity contribution is -0.126. The summed E-state index contributed by atoms with van der Waals surface area (Å²) in [5, 5.41) is 6.29. The fraction of sp³-hybridized carbons (Fsp3) is 0.917. The van der Waals surface area contributed by atoms with Crippen LogP contribution in [0.3, 0.4) is 0 Å². The van der Waals surface area contributed by atoms with Crippen molar-refractivity contribution in [1.29, 1.82) is 0 Å². The molecule has 0 aromatic heterocycles. The Kier molecular flexibility index (Phi) is 4.12. The molecule has 1 amide bonds.